The number of anilines is 3. The minimum atomic E-state index is -0.107. The van der Waals surface area contributed by atoms with Gasteiger partial charge in [0.1, 0.15) is 13.1 Å². The molecule has 0 radical (unpaired) electrons. The van der Waals surface area contributed by atoms with E-state index in [-0.39, 0.29) is 24.9 Å². The molecule has 1 fully saturated rings. The molecule has 112 valence electrons. The van der Waals surface area contributed by atoms with Gasteiger partial charge in [0.15, 0.2) is 0 Å². The van der Waals surface area contributed by atoms with Gasteiger partial charge in [-0.05, 0) is 43.3 Å². The third kappa shape index (κ3) is 2.65. The van der Waals surface area contributed by atoms with E-state index in [1.54, 1.807) is 24.3 Å². The lowest BCUT2D eigenvalue weighted by Gasteiger charge is -2.34. The molecular formula is C17H17N3O2. The molecule has 5 heteroatoms. The first-order valence-corrected chi connectivity index (χ1v) is 7.07. The van der Waals surface area contributed by atoms with Crippen LogP contribution in [0, 0.1) is 6.92 Å². The molecule has 2 amide bonds. The van der Waals surface area contributed by atoms with Gasteiger partial charge in [0.2, 0.25) is 11.8 Å². The van der Waals surface area contributed by atoms with Gasteiger partial charge in [-0.1, -0.05) is 17.7 Å². The number of nitrogen functional groups attached to an aromatic ring is 1. The van der Waals surface area contributed by atoms with Crippen molar-refractivity contribution in [3.63, 3.8) is 0 Å². The maximum absolute atomic E-state index is 12.4. The summed E-state index contributed by atoms with van der Waals surface area (Å²) < 4.78 is 0. The summed E-state index contributed by atoms with van der Waals surface area (Å²) in [7, 11) is 0. The van der Waals surface area contributed by atoms with E-state index in [1.165, 1.54) is 9.80 Å². The van der Waals surface area contributed by atoms with Crippen LogP contribution in [0.5, 0.6) is 0 Å². The Kier molecular flexibility index (Phi) is 3.55. The fraction of sp³-hybridized carbons (Fsp3) is 0.176. The first kappa shape index (κ1) is 14.1. The second-order valence-electron chi connectivity index (χ2n) is 5.39. The average molecular weight is 295 g/mol. The Morgan fingerprint density at radius 1 is 0.773 bits per heavy atom. The molecule has 1 aliphatic rings. The Hall–Kier alpha value is -2.82. The highest BCUT2D eigenvalue weighted by Gasteiger charge is 2.31. The summed E-state index contributed by atoms with van der Waals surface area (Å²) in [6, 6.07) is 14.5. The van der Waals surface area contributed by atoms with Crippen molar-refractivity contribution in [3.05, 3.63) is 54.1 Å². The van der Waals surface area contributed by atoms with Crippen LogP contribution >= 0.6 is 0 Å². The second kappa shape index (κ2) is 5.52. The smallest absolute Gasteiger partial charge is 0.247 e. The Balaban J connectivity index is 1.82. The number of hydrogen-bond acceptors (Lipinski definition) is 3. The summed E-state index contributed by atoms with van der Waals surface area (Å²) in [5.41, 5.74) is 8.83. The molecule has 2 aromatic carbocycles. The standard InChI is InChI=1S/C17H17N3O2/c1-12-2-6-14(7-3-12)19-10-17(22)20(11-16(19)21)15-8-4-13(18)5-9-15/h2-9H,10-11,18H2,1H3. The third-order valence-electron chi connectivity index (χ3n) is 3.74. The van der Waals surface area contributed by atoms with Crippen molar-refractivity contribution >= 4 is 28.9 Å². The van der Waals surface area contributed by atoms with Crippen LogP contribution in [0.1, 0.15) is 5.56 Å². The molecule has 2 N–H and O–H groups in total. The van der Waals surface area contributed by atoms with Gasteiger partial charge in [-0.15, -0.1) is 0 Å². The number of aryl methyl sites for hydroxylation is 1. The normalized spacial score (nSPS) is 15.3. The summed E-state index contributed by atoms with van der Waals surface area (Å²) >= 11 is 0. The number of carbonyl (C=O) groups is 2. The highest BCUT2D eigenvalue weighted by Crippen LogP contribution is 2.23. The topological polar surface area (TPSA) is 66.6 Å². The molecular weight excluding hydrogens is 278 g/mol. The van der Waals surface area contributed by atoms with Gasteiger partial charge in [-0.25, -0.2) is 0 Å². The third-order valence-corrected chi connectivity index (χ3v) is 3.74. The van der Waals surface area contributed by atoms with Crippen molar-refractivity contribution < 1.29 is 9.59 Å². The molecule has 0 saturated carbocycles. The Bertz CT molecular complexity index is 644. The van der Waals surface area contributed by atoms with Crippen LogP contribution in [0.25, 0.3) is 0 Å². The van der Waals surface area contributed by atoms with E-state index in [9.17, 15) is 9.59 Å². The number of nitrogens with zero attached hydrogens (tertiary/aromatic N) is 2. The SMILES string of the molecule is Cc1ccc(N2CC(=O)N(c3ccc(N)cc3)CC2=O)cc1. The molecule has 0 aliphatic carbocycles. The van der Waals surface area contributed by atoms with E-state index in [1.807, 2.05) is 31.2 Å². The predicted molar refractivity (Wildman–Crippen MR) is 86.7 cm³/mol. The second-order valence-corrected chi connectivity index (χ2v) is 5.39. The van der Waals surface area contributed by atoms with E-state index in [2.05, 4.69) is 0 Å². The first-order valence-electron chi connectivity index (χ1n) is 7.07. The van der Waals surface area contributed by atoms with Crippen LogP contribution in [0.3, 0.4) is 0 Å². The van der Waals surface area contributed by atoms with Gasteiger partial charge in [-0.2, -0.15) is 0 Å². The maximum atomic E-state index is 12.4. The van der Waals surface area contributed by atoms with Gasteiger partial charge < -0.3 is 15.5 Å². The fourth-order valence-corrected chi connectivity index (χ4v) is 2.47. The highest BCUT2D eigenvalue weighted by molar-refractivity contribution is 6.12. The number of hydrogen-bond donors (Lipinski definition) is 1. The number of nitrogens with two attached hydrogens (primary N) is 1. The number of amides is 2. The lowest BCUT2D eigenvalue weighted by molar-refractivity contribution is -0.125. The molecule has 1 heterocycles. The highest BCUT2D eigenvalue weighted by atomic mass is 16.2. The van der Waals surface area contributed by atoms with Crippen molar-refractivity contribution in [1.29, 1.82) is 0 Å². The number of benzene rings is 2. The minimum absolute atomic E-state index is 0.0383. The van der Waals surface area contributed by atoms with E-state index < -0.39 is 0 Å². The van der Waals surface area contributed by atoms with Crippen LogP contribution in [-0.4, -0.2) is 24.9 Å². The van der Waals surface area contributed by atoms with Crippen LogP contribution in [0.2, 0.25) is 0 Å². The van der Waals surface area contributed by atoms with E-state index >= 15 is 0 Å². The Morgan fingerprint density at radius 3 is 1.64 bits per heavy atom. The molecule has 0 bridgehead atoms. The molecule has 0 atom stereocenters. The molecule has 1 saturated heterocycles. The van der Waals surface area contributed by atoms with E-state index in [0.29, 0.717) is 11.4 Å². The molecule has 22 heavy (non-hydrogen) atoms. The van der Waals surface area contributed by atoms with Crippen LogP contribution in [0.15, 0.2) is 48.5 Å². The van der Waals surface area contributed by atoms with Crippen LogP contribution in [0.4, 0.5) is 17.1 Å². The van der Waals surface area contributed by atoms with E-state index in [0.717, 1.165) is 11.3 Å². The predicted octanol–water partition coefficient (Wildman–Crippen LogP) is 1.96. The monoisotopic (exact) mass is 295 g/mol. The summed E-state index contributed by atoms with van der Waals surface area (Å²) in [6.45, 7) is 2.07. The molecule has 0 unspecified atom stereocenters. The molecule has 2 aromatic rings. The zero-order chi connectivity index (χ0) is 15.7. The Morgan fingerprint density at radius 2 is 1.18 bits per heavy atom. The summed E-state index contributed by atoms with van der Waals surface area (Å²) in [6.07, 6.45) is 0. The molecule has 0 spiro atoms. The summed E-state index contributed by atoms with van der Waals surface area (Å²) in [4.78, 5) is 27.8. The molecule has 5 nitrogen and oxygen atoms in total. The molecule has 3 rings (SSSR count). The van der Waals surface area contributed by atoms with Crippen LogP contribution < -0.4 is 15.5 Å². The molecule has 0 aromatic heterocycles. The minimum Gasteiger partial charge on any atom is -0.399 e. The Labute approximate surface area is 128 Å². The van der Waals surface area contributed by atoms with Gasteiger partial charge in [0.25, 0.3) is 0 Å². The largest absolute Gasteiger partial charge is 0.399 e. The summed E-state index contributed by atoms with van der Waals surface area (Å²) in [5, 5.41) is 0. The van der Waals surface area contributed by atoms with Crippen molar-refractivity contribution in [2.24, 2.45) is 0 Å². The maximum Gasteiger partial charge on any atom is 0.247 e. The van der Waals surface area contributed by atoms with Gasteiger partial charge in [-0.3, -0.25) is 9.59 Å². The quantitative estimate of drug-likeness (QED) is 0.861. The fourth-order valence-electron chi connectivity index (χ4n) is 2.47. The average Bonchev–Trinajstić information content (AvgIpc) is 2.51. The van der Waals surface area contributed by atoms with E-state index in [4.69, 9.17) is 5.73 Å². The van der Waals surface area contributed by atoms with Crippen molar-refractivity contribution in [2.75, 3.05) is 28.6 Å². The van der Waals surface area contributed by atoms with Crippen molar-refractivity contribution in [2.45, 2.75) is 6.92 Å². The van der Waals surface area contributed by atoms with Crippen molar-refractivity contribution in [3.8, 4) is 0 Å². The van der Waals surface area contributed by atoms with Gasteiger partial charge >= 0.3 is 0 Å². The lowest BCUT2D eigenvalue weighted by atomic mass is 10.1. The zero-order valence-corrected chi connectivity index (χ0v) is 12.3. The van der Waals surface area contributed by atoms with Gasteiger partial charge in [0.05, 0.1) is 0 Å². The van der Waals surface area contributed by atoms with Crippen molar-refractivity contribution in [1.82, 2.24) is 0 Å². The first-order chi connectivity index (χ1) is 10.5. The van der Waals surface area contributed by atoms with Gasteiger partial charge in [0, 0.05) is 17.1 Å². The number of rotatable bonds is 2. The van der Waals surface area contributed by atoms with Crippen LogP contribution in [-0.2, 0) is 9.59 Å². The number of piperazine rings is 1. The zero-order valence-electron chi connectivity index (χ0n) is 12.3. The number of carbonyl (C=O) groups excluding carboxylic acids is 2. The lowest BCUT2D eigenvalue weighted by Crippen LogP contribution is -2.54. The molecule has 1 aliphatic heterocycles. The summed E-state index contributed by atoms with van der Waals surface area (Å²) in [5.74, 6) is -0.203.